The molecule has 0 atom stereocenters. The van der Waals surface area contributed by atoms with Crippen LogP contribution in [0.25, 0.3) is 0 Å². The lowest BCUT2D eigenvalue weighted by atomic mass is 10.1. The number of rotatable bonds is 5. The molecule has 0 spiro atoms. The summed E-state index contributed by atoms with van der Waals surface area (Å²) < 4.78 is 37.9. The van der Waals surface area contributed by atoms with Gasteiger partial charge in [-0.15, -0.1) is 0 Å². The van der Waals surface area contributed by atoms with Gasteiger partial charge in [-0.05, 0) is 24.6 Å². The van der Waals surface area contributed by atoms with Crippen LogP contribution < -0.4 is 10.6 Å². The van der Waals surface area contributed by atoms with Gasteiger partial charge in [0.2, 0.25) is 5.91 Å². The fourth-order valence-electron chi connectivity index (χ4n) is 1.88. The first-order valence-corrected chi connectivity index (χ1v) is 6.58. The van der Waals surface area contributed by atoms with Crippen molar-refractivity contribution in [2.45, 2.75) is 19.5 Å². The van der Waals surface area contributed by atoms with Crippen molar-refractivity contribution >= 4 is 17.3 Å². The molecule has 0 saturated carbocycles. The van der Waals surface area contributed by atoms with Crippen molar-refractivity contribution in [3.63, 3.8) is 0 Å². The molecule has 1 amide bonds. The Bertz CT molecular complexity index is 501. The first kappa shape index (κ1) is 17.1. The molecule has 0 aliphatic rings. The molecular formula is C14H20F3N3O. The van der Waals surface area contributed by atoms with Gasteiger partial charge in [0.1, 0.15) is 0 Å². The highest BCUT2D eigenvalue weighted by molar-refractivity contribution is 5.83. The van der Waals surface area contributed by atoms with E-state index in [4.69, 9.17) is 5.73 Å². The van der Waals surface area contributed by atoms with Crippen LogP contribution in [0.3, 0.4) is 0 Å². The standard InChI is InChI=1S/C14H20F3N3O/c1-4-7-20(9-13(21)19(2)3)12-6-5-10(8-11(12)18)14(15,16)17/h5-6,8H,4,7,9,18H2,1-3H3. The highest BCUT2D eigenvalue weighted by Crippen LogP contribution is 2.34. The molecule has 0 heterocycles. The van der Waals surface area contributed by atoms with Crippen molar-refractivity contribution in [2.24, 2.45) is 0 Å². The van der Waals surface area contributed by atoms with Gasteiger partial charge in [0.25, 0.3) is 0 Å². The Morgan fingerprint density at radius 3 is 2.33 bits per heavy atom. The molecule has 118 valence electrons. The SMILES string of the molecule is CCCN(CC(=O)N(C)C)c1ccc(C(F)(F)F)cc1N. The van der Waals surface area contributed by atoms with Gasteiger partial charge in [0.05, 0.1) is 23.5 Å². The summed E-state index contributed by atoms with van der Waals surface area (Å²) in [6.45, 7) is 2.54. The number of carbonyl (C=O) groups excluding carboxylic acids is 1. The zero-order valence-corrected chi connectivity index (χ0v) is 12.4. The van der Waals surface area contributed by atoms with E-state index in [-0.39, 0.29) is 18.1 Å². The van der Waals surface area contributed by atoms with Crippen molar-refractivity contribution in [2.75, 3.05) is 37.8 Å². The summed E-state index contributed by atoms with van der Waals surface area (Å²) in [7, 11) is 3.26. The van der Waals surface area contributed by atoms with E-state index < -0.39 is 11.7 Å². The van der Waals surface area contributed by atoms with Crippen molar-refractivity contribution in [3.05, 3.63) is 23.8 Å². The average molecular weight is 303 g/mol. The van der Waals surface area contributed by atoms with Crippen LogP contribution in [0.15, 0.2) is 18.2 Å². The molecule has 0 aliphatic carbocycles. The predicted octanol–water partition coefficient (Wildman–Crippen LogP) is 2.59. The number of nitrogen functional groups attached to an aromatic ring is 1. The third-order valence-electron chi connectivity index (χ3n) is 3.01. The smallest absolute Gasteiger partial charge is 0.397 e. The second kappa shape index (κ2) is 6.69. The first-order valence-electron chi connectivity index (χ1n) is 6.58. The number of hydrogen-bond donors (Lipinski definition) is 1. The quantitative estimate of drug-likeness (QED) is 0.851. The maximum atomic E-state index is 12.6. The average Bonchev–Trinajstić information content (AvgIpc) is 2.36. The number of halogens is 3. The van der Waals surface area contributed by atoms with Crippen molar-refractivity contribution in [3.8, 4) is 0 Å². The summed E-state index contributed by atoms with van der Waals surface area (Å²) in [6.07, 6.45) is -3.68. The lowest BCUT2D eigenvalue weighted by molar-refractivity contribution is -0.137. The Balaban J connectivity index is 3.06. The van der Waals surface area contributed by atoms with Gasteiger partial charge in [0, 0.05) is 20.6 Å². The molecule has 7 heteroatoms. The second-order valence-corrected chi connectivity index (χ2v) is 4.98. The molecule has 0 fully saturated rings. The Morgan fingerprint density at radius 1 is 1.29 bits per heavy atom. The summed E-state index contributed by atoms with van der Waals surface area (Å²) in [5.74, 6) is -0.136. The van der Waals surface area contributed by atoms with Gasteiger partial charge >= 0.3 is 6.18 Å². The van der Waals surface area contributed by atoms with Gasteiger partial charge in [-0.3, -0.25) is 4.79 Å². The van der Waals surface area contributed by atoms with Crippen LogP contribution >= 0.6 is 0 Å². The summed E-state index contributed by atoms with van der Waals surface area (Å²) >= 11 is 0. The van der Waals surface area contributed by atoms with E-state index in [0.29, 0.717) is 12.2 Å². The lowest BCUT2D eigenvalue weighted by Gasteiger charge is -2.27. The minimum absolute atomic E-state index is 0.0184. The minimum Gasteiger partial charge on any atom is -0.397 e. The predicted molar refractivity (Wildman–Crippen MR) is 77.1 cm³/mol. The van der Waals surface area contributed by atoms with E-state index in [0.717, 1.165) is 18.6 Å². The Hall–Kier alpha value is -1.92. The zero-order valence-electron chi connectivity index (χ0n) is 12.4. The molecule has 2 N–H and O–H groups in total. The summed E-state index contributed by atoms with van der Waals surface area (Å²) in [5.41, 5.74) is 5.40. The number of nitrogens with zero attached hydrogens (tertiary/aromatic N) is 2. The molecule has 0 radical (unpaired) electrons. The molecule has 0 bridgehead atoms. The van der Waals surface area contributed by atoms with E-state index >= 15 is 0 Å². The highest BCUT2D eigenvalue weighted by Gasteiger charge is 2.31. The van der Waals surface area contributed by atoms with E-state index in [1.165, 1.54) is 11.0 Å². The van der Waals surface area contributed by atoms with E-state index in [1.807, 2.05) is 6.92 Å². The fourth-order valence-corrected chi connectivity index (χ4v) is 1.88. The molecule has 0 aliphatic heterocycles. The molecular weight excluding hydrogens is 283 g/mol. The van der Waals surface area contributed by atoms with Crippen LogP contribution in [0.2, 0.25) is 0 Å². The summed E-state index contributed by atoms with van der Waals surface area (Å²) in [5, 5.41) is 0. The number of alkyl halides is 3. The Labute approximate surface area is 122 Å². The maximum absolute atomic E-state index is 12.6. The van der Waals surface area contributed by atoms with Gasteiger partial charge in [-0.25, -0.2) is 0 Å². The molecule has 4 nitrogen and oxygen atoms in total. The summed E-state index contributed by atoms with van der Waals surface area (Å²) in [4.78, 5) is 14.9. The van der Waals surface area contributed by atoms with Crippen LogP contribution in [0.5, 0.6) is 0 Å². The largest absolute Gasteiger partial charge is 0.416 e. The highest BCUT2D eigenvalue weighted by atomic mass is 19.4. The third-order valence-corrected chi connectivity index (χ3v) is 3.01. The minimum atomic E-state index is -4.43. The molecule has 1 aromatic carbocycles. The van der Waals surface area contributed by atoms with Crippen molar-refractivity contribution in [1.29, 1.82) is 0 Å². The van der Waals surface area contributed by atoms with Crippen LogP contribution in [0, 0.1) is 0 Å². The topological polar surface area (TPSA) is 49.6 Å². The molecule has 21 heavy (non-hydrogen) atoms. The molecule has 1 rings (SSSR count). The zero-order chi connectivity index (χ0) is 16.2. The number of anilines is 2. The monoisotopic (exact) mass is 303 g/mol. The van der Waals surface area contributed by atoms with Crippen LogP contribution in [0.1, 0.15) is 18.9 Å². The molecule has 1 aromatic rings. The number of nitrogens with two attached hydrogens (primary N) is 1. The van der Waals surface area contributed by atoms with Gasteiger partial charge < -0.3 is 15.5 Å². The Morgan fingerprint density at radius 2 is 1.90 bits per heavy atom. The third kappa shape index (κ3) is 4.54. The van der Waals surface area contributed by atoms with E-state index in [1.54, 1.807) is 19.0 Å². The van der Waals surface area contributed by atoms with Crippen molar-refractivity contribution in [1.82, 2.24) is 4.90 Å². The van der Waals surface area contributed by atoms with Crippen LogP contribution in [0.4, 0.5) is 24.5 Å². The normalized spacial score (nSPS) is 11.3. The van der Waals surface area contributed by atoms with Gasteiger partial charge in [0.15, 0.2) is 0 Å². The molecule has 0 aromatic heterocycles. The fraction of sp³-hybridized carbons (Fsp3) is 0.500. The van der Waals surface area contributed by atoms with E-state index in [9.17, 15) is 18.0 Å². The lowest BCUT2D eigenvalue weighted by Crippen LogP contribution is -2.37. The van der Waals surface area contributed by atoms with E-state index in [2.05, 4.69) is 0 Å². The van der Waals surface area contributed by atoms with Crippen LogP contribution in [-0.2, 0) is 11.0 Å². The van der Waals surface area contributed by atoms with Gasteiger partial charge in [-0.1, -0.05) is 6.92 Å². The number of carbonyl (C=O) groups is 1. The number of benzene rings is 1. The van der Waals surface area contributed by atoms with Gasteiger partial charge in [-0.2, -0.15) is 13.2 Å². The van der Waals surface area contributed by atoms with Crippen molar-refractivity contribution < 1.29 is 18.0 Å². The number of likely N-dealkylation sites (N-methyl/N-ethyl adjacent to an activating group) is 1. The molecule has 0 saturated heterocycles. The second-order valence-electron chi connectivity index (χ2n) is 4.98. The molecule has 0 unspecified atom stereocenters. The maximum Gasteiger partial charge on any atom is 0.416 e. The first-order chi connectivity index (χ1) is 9.66. The summed E-state index contributed by atoms with van der Waals surface area (Å²) in [6, 6.07) is 3.20. The number of hydrogen-bond acceptors (Lipinski definition) is 3. The van der Waals surface area contributed by atoms with Crippen LogP contribution in [-0.4, -0.2) is 38.0 Å². The Kier molecular flexibility index (Phi) is 5.46. The number of amides is 1.